The fraction of sp³-hybridized carbons (Fsp3) is 0.833. The van der Waals surface area contributed by atoms with Gasteiger partial charge in [-0.25, -0.2) is 0 Å². The maximum atomic E-state index is 10.1. The maximum Gasteiger partial charge on any atom is 0.0650 e. The van der Waals surface area contributed by atoms with Crippen LogP contribution < -0.4 is 0 Å². The Bertz CT molecular complexity index is 155. The first-order valence-corrected chi connectivity index (χ1v) is 5.64. The molecule has 1 N–H and O–H groups in total. The predicted molar refractivity (Wildman–Crippen MR) is 56.7 cm³/mol. The number of hydrogen-bond acceptors (Lipinski definition) is 1. The molecular formula is C12H22O. The molecule has 1 nitrogen and oxygen atoms in total. The van der Waals surface area contributed by atoms with Gasteiger partial charge in [0.1, 0.15) is 0 Å². The number of hydrogen-bond donors (Lipinski definition) is 1. The van der Waals surface area contributed by atoms with Crippen molar-refractivity contribution in [3.8, 4) is 0 Å². The molecule has 0 aromatic heterocycles. The molecule has 0 radical (unpaired) electrons. The summed E-state index contributed by atoms with van der Waals surface area (Å²) in [7, 11) is 0. The van der Waals surface area contributed by atoms with E-state index in [0.717, 1.165) is 32.1 Å². The van der Waals surface area contributed by atoms with Crippen LogP contribution in [-0.2, 0) is 0 Å². The summed E-state index contributed by atoms with van der Waals surface area (Å²) in [6.07, 6.45) is 13.3. The van der Waals surface area contributed by atoms with Gasteiger partial charge < -0.3 is 5.11 Å². The van der Waals surface area contributed by atoms with E-state index in [9.17, 15) is 5.11 Å². The highest BCUT2D eigenvalue weighted by Gasteiger charge is 2.27. The van der Waals surface area contributed by atoms with E-state index in [0.29, 0.717) is 0 Å². The van der Waals surface area contributed by atoms with Gasteiger partial charge >= 0.3 is 0 Å². The van der Waals surface area contributed by atoms with E-state index in [4.69, 9.17) is 0 Å². The van der Waals surface area contributed by atoms with E-state index < -0.39 is 0 Å². The molecular weight excluding hydrogens is 160 g/mol. The Kier molecular flexibility index (Phi) is 4.51. The van der Waals surface area contributed by atoms with Crippen molar-refractivity contribution in [3.63, 3.8) is 0 Å². The normalized spacial score (nSPS) is 22.3. The van der Waals surface area contributed by atoms with Gasteiger partial charge in [-0.15, -0.1) is 0 Å². The zero-order valence-corrected chi connectivity index (χ0v) is 8.76. The standard InChI is InChI=1S/C12H22O/c1-2-3-4-6-9-12(13)10-7-5-8-11-12/h3-4,13H,2,5-11H2,1H3/b4-3-. The fourth-order valence-corrected chi connectivity index (χ4v) is 2.10. The van der Waals surface area contributed by atoms with Crippen LogP contribution in [0, 0.1) is 0 Å². The summed E-state index contributed by atoms with van der Waals surface area (Å²) in [6, 6.07) is 0. The average Bonchev–Trinajstić information content (AvgIpc) is 2.14. The van der Waals surface area contributed by atoms with E-state index in [1.54, 1.807) is 0 Å². The SMILES string of the molecule is CC/C=C\CCC1(O)CCCCC1. The van der Waals surface area contributed by atoms with Gasteiger partial charge in [0.15, 0.2) is 0 Å². The first-order chi connectivity index (χ1) is 6.27. The molecule has 1 heteroatoms. The number of aliphatic hydroxyl groups is 1. The molecule has 76 valence electrons. The Morgan fingerprint density at radius 3 is 2.46 bits per heavy atom. The van der Waals surface area contributed by atoms with Crippen LogP contribution in [0.25, 0.3) is 0 Å². The van der Waals surface area contributed by atoms with Crippen LogP contribution in [0.3, 0.4) is 0 Å². The molecule has 0 spiro atoms. The van der Waals surface area contributed by atoms with Crippen molar-refractivity contribution in [2.75, 3.05) is 0 Å². The summed E-state index contributed by atoms with van der Waals surface area (Å²) >= 11 is 0. The first kappa shape index (κ1) is 10.8. The third-order valence-electron chi connectivity index (χ3n) is 2.96. The minimum atomic E-state index is -0.323. The van der Waals surface area contributed by atoms with E-state index in [-0.39, 0.29) is 5.60 Å². The van der Waals surface area contributed by atoms with E-state index in [2.05, 4.69) is 19.1 Å². The van der Waals surface area contributed by atoms with Gasteiger partial charge in [0.25, 0.3) is 0 Å². The molecule has 13 heavy (non-hydrogen) atoms. The smallest absolute Gasteiger partial charge is 0.0650 e. The van der Waals surface area contributed by atoms with E-state index in [1.807, 2.05) is 0 Å². The van der Waals surface area contributed by atoms with Crippen LogP contribution in [0.4, 0.5) is 0 Å². The zero-order valence-electron chi connectivity index (χ0n) is 8.76. The van der Waals surface area contributed by atoms with E-state index in [1.165, 1.54) is 19.3 Å². The van der Waals surface area contributed by atoms with Crippen molar-refractivity contribution in [1.82, 2.24) is 0 Å². The van der Waals surface area contributed by atoms with Crippen LogP contribution in [0.15, 0.2) is 12.2 Å². The van der Waals surface area contributed by atoms with Crippen LogP contribution in [0.2, 0.25) is 0 Å². The molecule has 0 saturated heterocycles. The molecule has 0 unspecified atom stereocenters. The first-order valence-electron chi connectivity index (χ1n) is 5.64. The molecule has 1 aliphatic carbocycles. The third kappa shape index (κ3) is 3.95. The van der Waals surface area contributed by atoms with Crippen molar-refractivity contribution < 1.29 is 5.11 Å². The number of rotatable bonds is 4. The van der Waals surface area contributed by atoms with Crippen molar-refractivity contribution in [2.45, 2.75) is 63.9 Å². The van der Waals surface area contributed by atoms with E-state index >= 15 is 0 Å². The molecule has 0 aromatic rings. The van der Waals surface area contributed by atoms with Gasteiger partial charge in [0.05, 0.1) is 5.60 Å². The Morgan fingerprint density at radius 2 is 1.85 bits per heavy atom. The molecule has 0 atom stereocenters. The lowest BCUT2D eigenvalue weighted by molar-refractivity contribution is -0.00283. The minimum absolute atomic E-state index is 0.323. The summed E-state index contributed by atoms with van der Waals surface area (Å²) in [5.41, 5.74) is -0.323. The second-order valence-electron chi connectivity index (χ2n) is 4.20. The molecule has 1 fully saturated rings. The van der Waals surface area contributed by atoms with Crippen LogP contribution in [0.1, 0.15) is 58.3 Å². The minimum Gasteiger partial charge on any atom is -0.390 e. The molecule has 0 heterocycles. The second kappa shape index (κ2) is 5.43. The van der Waals surface area contributed by atoms with Gasteiger partial charge in [-0.2, -0.15) is 0 Å². The zero-order chi connectivity index (χ0) is 9.57. The lowest BCUT2D eigenvalue weighted by Crippen LogP contribution is -2.30. The fourth-order valence-electron chi connectivity index (χ4n) is 2.10. The maximum absolute atomic E-state index is 10.1. The highest BCUT2D eigenvalue weighted by molar-refractivity contribution is 4.87. The van der Waals surface area contributed by atoms with Gasteiger partial charge in [-0.1, -0.05) is 38.3 Å². The molecule has 1 rings (SSSR count). The highest BCUT2D eigenvalue weighted by atomic mass is 16.3. The molecule has 1 saturated carbocycles. The largest absolute Gasteiger partial charge is 0.390 e. The Hall–Kier alpha value is -0.300. The summed E-state index contributed by atoms with van der Waals surface area (Å²) in [6.45, 7) is 2.14. The van der Waals surface area contributed by atoms with Gasteiger partial charge in [-0.05, 0) is 32.1 Å². The van der Waals surface area contributed by atoms with Crippen LogP contribution >= 0.6 is 0 Å². The second-order valence-corrected chi connectivity index (χ2v) is 4.20. The lowest BCUT2D eigenvalue weighted by atomic mass is 9.82. The van der Waals surface area contributed by atoms with Crippen molar-refractivity contribution in [2.24, 2.45) is 0 Å². The highest BCUT2D eigenvalue weighted by Crippen LogP contribution is 2.31. The quantitative estimate of drug-likeness (QED) is 0.660. The summed E-state index contributed by atoms with van der Waals surface area (Å²) in [4.78, 5) is 0. The van der Waals surface area contributed by atoms with Crippen LogP contribution in [-0.4, -0.2) is 10.7 Å². The van der Waals surface area contributed by atoms with Crippen LogP contribution in [0.5, 0.6) is 0 Å². The molecule has 0 aliphatic heterocycles. The Morgan fingerprint density at radius 1 is 1.15 bits per heavy atom. The molecule has 0 amide bonds. The molecule has 0 aromatic carbocycles. The van der Waals surface area contributed by atoms with Crippen molar-refractivity contribution in [1.29, 1.82) is 0 Å². The number of allylic oxidation sites excluding steroid dienone is 2. The predicted octanol–water partition coefficient (Wildman–Crippen LogP) is 3.43. The lowest BCUT2D eigenvalue weighted by Gasteiger charge is -2.31. The molecule has 0 bridgehead atoms. The molecule has 1 aliphatic rings. The Labute approximate surface area is 81.9 Å². The van der Waals surface area contributed by atoms with Crippen molar-refractivity contribution >= 4 is 0 Å². The summed E-state index contributed by atoms with van der Waals surface area (Å²) < 4.78 is 0. The van der Waals surface area contributed by atoms with Gasteiger partial charge in [-0.3, -0.25) is 0 Å². The Balaban J connectivity index is 2.21. The topological polar surface area (TPSA) is 20.2 Å². The summed E-state index contributed by atoms with van der Waals surface area (Å²) in [5.74, 6) is 0. The van der Waals surface area contributed by atoms with Crippen molar-refractivity contribution in [3.05, 3.63) is 12.2 Å². The van der Waals surface area contributed by atoms with Gasteiger partial charge in [0.2, 0.25) is 0 Å². The average molecular weight is 182 g/mol. The summed E-state index contributed by atoms with van der Waals surface area (Å²) in [5, 5.41) is 10.1. The van der Waals surface area contributed by atoms with Gasteiger partial charge in [0, 0.05) is 0 Å². The monoisotopic (exact) mass is 182 g/mol. The third-order valence-corrected chi connectivity index (χ3v) is 2.96.